The zero-order chi connectivity index (χ0) is 13.7. The predicted octanol–water partition coefficient (Wildman–Crippen LogP) is 0.829. The van der Waals surface area contributed by atoms with Crippen molar-refractivity contribution in [2.45, 2.75) is 50.7 Å². The number of carbonyl (C=O) groups excluding carboxylic acids is 1. The third-order valence-electron chi connectivity index (χ3n) is 4.48. The summed E-state index contributed by atoms with van der Waals surface area (Å²) in [6.07, 6.45) is 5.53. The molecule has 6 heteroatoms. The van der Waals surface area contributed by atoms with E-state index in [1.165, 1.54) is 0 Å². The van der Waals surface area contributed by atoms with Gasteiger partial charge >= 0.3 is 0 Å². The van der Waals surface area contributed by atoms with Crippen molar-refractivity contribution in [3.05, 3.63) is 0 Å². The number of aliphatic hydroxyl groups excluding tert-OH is 1. The molecule has 0 aromatic carbocycles. The molecule has 0 bridgehead atoms. The summed E-state index contributed by atoms with van der Waals surface area (Å²) in [5.74, 6) is 0.342. The molecule has 5 nitrogen and oxygen atoms in total. The smallest absolute Gasteiger partial charge is 0.237 e. The molecule has 0 spiro atoms. The van der Waals surface area contributed by atoms with Gasteiger partial charge < -0.3 is 20.9 Å². The van der Waals surface area contributed by atoms with Gasteiger partial charge in [-0.15, -0.1) is 12.4 Å². The molecule has 2 aliphatic rings. The van der Waals surface area contributed by atoms with E-state index in [9.17, 15) is 9.90 Å². The largest absolute Gasteiger partial charge is 0.393 e. The Balaban J connectivity index is 0.00000200. The summed E-state index contributed by atoms with van der Waals surface area (Å²) in [6, 6.07) is -0.440. The van der Waals surface area contributed by atoms with Crippen LogP contribution in [0.15, 0.2) is 0 Å². The molecule has 3 unspecified atom stereocenters. The van der Waals surface area contributed by atoms with E-state index in [4.69, 9.17) is 10.5 Å². The SMILES string of the molecule is Cl.NC(C(=O)NCC1CCCCC1O)C1CCOCC1. The van der Waals surface area contributed by atoms with Crippen molar-refractivity contribution in [2.24, 2.45) is 17.6 Å². The van der Waals surface area contributed by atoms with E-state index >= 15 is 0 Å². The Hall–Kier alpha value is -0.360. The zero-order valence-electron chi connectivity index (χ0n) is 11.9. The Bertz CT molecular complexity index is 298. The minimum absolute atomic E-state index is 0. The van der Waals surface area contributed by atoms with Crippen molar-refractivity contribution < 1.29 is 14.6 Å². The summed E-state index contributed by atoms with van der Waals surface area (Å²) in [6.45, 7) is 1.96. The highest BCUT2D eigenvalue weighted by atomic mass is 35.5. The number of ether oxygens (including phenoxy) is 1. The number of nitrogens with two attached hydrogens (primary N) is 1. The number of carbonyl (C=O) groups is 1. The first-order valence-electron chi connectivity index (χ1n) is 7.47. The molecule has 0 aromatic heterocycles. The maximum absolute atomic E-state index is 12.0. The lowest BCUT2D eigenvalue weighted by atomic mass is 9.86. The highest BCUT2D eigenvalue weighted by molar-refractivity contribution is 5.85. The molecule has 3 atom stereocenters. The average Bonchev–Trinajstić information content (AvgIpc) is 2.46. The van der Waals surface area contributed by atoms with Gasteiger partial charge in [-0.25, -0.2) is 0 Å². The summed E-state index contributed by atoms with van der Waals surface area (Å²) in [5.41, 5.74) is 6.01. The van der Waals surface area contributed by atoms with Crippen LogP contribution in [0, 0.1) is 11.8 Å². The maximum atomic E-state index is 12.0. The molecule has 1 aliphatic heterocycles. The standard InChI is InChI=1S/C14H26N2O3.ClH/c15-13(10-5-7-19-8-6-10)14(18)16-9-11-3-1-2-4-12(11)17;/h10-13,17H,1-9,15H2,(H,16,18);1H. The first kappa shape index (κ1) is 17.7. The van der Waals surface area contributed by atoms with Crippen LogP contribution in [0.3, 0.4) is 0 Å². The summed E-state index contributed by atoms with van der Waals surface area (Å²) < 4.78 is 5.28. The summed E-state index contributed by atoms with van der Waals surface area (Å²) in [5, 5.41) is 12.8. The van der Waals surface area contributed by atoms with Crippen molar-refractivity contribution in [1.82, 2.24) is 5.32 Å². The molecule has 1 aliphatic carbocycles. The molecule has 20 heavy (non-hydrogen) atoms. The van der Waals surface area contributed by atoms with Gasteiger partial charge in [-0.1, -0.05) is 12.8 Å². The Morgan fingerprint density at radius 1 is 1.25 bits per heavy atom. The van der Waals surface area contributed by atoms with E-state index in [0.29, 0.717) is 19.8 Å². The second kappa shape index (κ2) is 8.82. The zero-order valence-corrected chi connectivity index (χ0v) is 12.7. The van der Waals surface area contributed by atoms with Crippen molar-refractivity contribution in [3.63, 3.8) is 0 Å². The Kier molecular flexibility index (Phi) is 7.80. The van der Waals surface area contributed by atoms with Gasteiger partial charge in [-0.3, -0.25) is 4.79 Å². The normalized spacial score (nSPS) is 29.3. The van der Waals surface area contributed by atoms with Crippen LogP contribution in [0.25, 0.3) is 0 Å². The van der Waals surface area contributed by atoms with E-state index in [-0.39, 0.29) is 36.3 Å². The summed E-state index contributed by atoms with van der Waals surface area (Å²) >= 11 is 0. The molecule has 1 amide bonds. The van der Waals surface area contributed by atoms with E-state index in [1.807, 2.05) is 0 Å². The van der Waals surface area contributed by atoms with Crippen molar-refractivity contribution in [1.29, 1.82) is 0 Å². The van der Waals surface area contributed by atoms with Gasteiger partial charge in [-0.2, -0.15) is 0 Å². The van der Waals surface area contributed by atoms with Crippen LogP contribution in [0.4, 0.5) is 0 Å². The fourth-order valence-corrected chi connectivity index (χ4v) is 3.06. The maximum Gasteiger partial charge on any atom is 0.237 e. The van der Waals surface area contributed by atoms with E-state index in [0.717, 1.165) is 38.5 Å². The van der Waals surface area contributed by atoms with Crippen molar-refractivity contribution >= 4 is 18.3 Å². The van der Waals surface area contributed by atoms with Gasteiger partial charge in [0.05, 0.1) is 12.1 Å². The fraction of sp³-hybridized carbons (Fsp3) is 0.929. The quantitative estimate of drug-likeness (QED) is 0.718. The van der Waals surface area contributed by atoms with Gasteiger partial charge in [0.2, 0.25) is 5.91 Å². The molecule has 2 fully saturated rings. The molecule has 4 N–H and O–H groups in total. The molecule has 0 aromatic rings. The second-order valence-corrected chi connectivity index (χ2v) is 5.83. The first-order valence-corrected chi connectivity index (χ1v) is 7.47. The van der Waals surface area contributed by atoms with Crippen LogP contribution in [0.1, 0.15) is 38.5 Å². The van der Waals surface area contributed by atoms with E-state index in [2.05, 4.69) is 5.32 Å². The fourth-order valence-electron chi connectivity index (χ4n) is 3.06. The van der Waals surface area contributed by atoms with Crippen LogP contribution < -0.4 is 11.1 Å². The number of aliphatic hydroxyl groups is 1. The Labute approximate surface area is 127 Å². The Morgan fingerprint density at radius 3 is 2.55 bits per heavy atom. The Morgan fingerprint density at radius 2 is 1.90 bits per heavy atom. The molecule has 1 saturated carbocycles. The number of hydrogen-bond donors (Lipinski definition) is 3. The topological polar surface area (TPSA) is 84.6 Å². The average molecular weight is 307 g/mol. The van der Waals surface area contributed by atoms with Gasteiger partial charge in [0, 0.05) is 25.7 Å². The van der Waals surface area contributed by atoms with Crippen LogP contribution in [0.2, 0.25) is 0 Å². The third kappa shape index (κ3) is 4.88. The van der Waals surface area contributed by atoms with Gasteiger partial charge in [-0.05, 0) is 31.6 Å². The molecular formula is C14H27ClN2O3. The minimum Gasteiger partial charge on any atom is -0.393 e. The van der Waals surface area contributed by atoms with Crippen molar-refractivity contribution in [3.8, 4) is 0 Å². The first-order chi connectivity index (χ1) is 9.18. The molecule has 2 rings (SSSR count). The number of nitrogens with one attached hydrogen (secondary N) is 1. The third-order valence-corrected chi connectivity index (χ3v) is 4.48. The summed E-state index contributed by atoms with van der Waals surface area (Å²) in [4.78, 5) is 12.0. The monoisotopic (exact) mass is 306 g/mol. The molecular weight excluding hydrogens is 280 g/mol. The van der Waals surface area contributed by atoms with Crippen LogP contribution in [0.5, 0.6) is 0 Å². The van der Waals surface area contributed by atoms with Crippen LogP contribution >= 0.6 is 12.4 Å². The highest BCUT2D eigenvalue weighted by Crippen LogP contribution is 2.24. The molecule has 1 heterocycles. The second-order valence-electron chi connectivity index (χ2n) is 5.83. The predicted molar refractivity (Wildman–Crippen MR) is 79.7 cm³/mol. The highest BCUT2D eigenvalue weighted by Gasteiger charge is 2.28. The number of hydrogen-bond acceptors (Lipinski definition) is 4. The van der Waals surface area contributed by atoms with Crippen LogP contribution in [-0.2, 0) is 9.53 Å². The van der Waals surface area contributed by atoms with E-state index < -0.39 is 6.04 Å². The van der Waals surface area contributed by atoms with Gasteiger partial charge in [0.1, 0.15) is 0 Å². The van der Waals surface area contributed by atoms with Gasteiger partial charge in [0.25, 0.3) is 0 Å². The lowest BCUT2D eigenvalue weighted by molar-refractivity contribution is -0.124. The number of amides is 1. The van der Waals surface area contributed by atoms with Crippen LogP contribution in [-0.4, -0.2) is 42.9 Å². The van der Waals surface area contributed by atoms with Gasteiger partial charge in [0.15, 0.2) is 0 Å². The molecule has 1 saturated heterocycles. The lowest BCUT2D eigenvalue weighted by Gasteiger charge is -2.30. The molecule has 0 radical (unpaired) electrons. The number of halogens is 1. The lowest BCUT2D eigenvalue weighted by Crippen LogP contribution is -2.49. The minimum atomic E-state index is -0.440. The van der Waals surface area contributed by atoms with E-state index in [1.54, 1.807) is 0 Å². The summed E-state index contributed by atoms with van der Waals surface area (Å²) in [7, 11) is 0. The molecule has 118 valence electrons. The van der Waals surface area contributed by atoms with Crippen molar-refractivity contribution in [2.75, 3.05) is 19.8 Å². The number of rotatable bonds is 4.